The Labute approximate surface area is 135 Å². The molecule has 0 N–H and O–H groups in total. The fourth-order valence-electron chi connectivity index (χ4n) is 1.95. The van der Waals surface area contributed by atoms with Crippen LogP contribution < -0.4 is 0 Å². The second kappa shape index (κ2) is 8.25. The van der Waals surface area contributed by atoms with Crippen LogP contribution >= 0.6 is 23.2 Å². The van der Waals surface area contributed by atoms with Crippen LogP contribution in [0.1, 0.15) is 18.9 Å². The van der Waals surface area contributed by atoms with Gasteiger partial charge in [0.2, 0.25) is 5.91 Å². The van der Waals surface area contributed by atoms with Crippen LogP contribution in [0.5, 0.6) is 0 Å². The van der Waals surface area contributed by atoms with Gasteiger partial charge in [-0.3, -0.25) is 9.59 Å². The van der Waals surface area contributed by atoms with Gasteiger partial charge in [0.1, 0.15) is 0 Å². The fraction of sp³-hybridized carbons (Fsp3) is 0.467. The molecule has 0 fully saturated rings. The third-order valence-corrected chi connectivity index (χ3v) is 3.79. The second-order valence-corrected chi connectivity index (χ2v) is 5.78. The van der Waals surface area contributed by atoms with E-state index in [1.807, 2.05) is 6.07 Å². The predicted octanol–water partition coefficient (Wildman–Crippen LogP) is 3.19. The Balaban J connectivity index is 2.51. The second-order valence-electron chi connectivity index (χ2n) is 4.93. The first-order valence-corrected chi connectivity index (χ1v) is 7.36. The molecule has 0 aromatic heterocycles. The molecule has 6 heteroatoms. The lowest BCUT2D eigenvalue weighted by atomic mass is 10.1. The standard InChI is InChI=1S/C15H19Cl2NO3/c1-10(15(20)21-3)9-18(2)14(19)7-5-11-4-6-12(16)8-13(11)17/h4,6,8,10H,5,7,9H2,1-3H3. The van der Waals surface area contributed by atoms with Gasteiger partial charge >= 0.3 is 5.97 Å². The fourth-order valence-corrected chi connectivity index (χ4v) is 2.45. The van der Waals surface area contributed by atoms with E-state index in [0.29, 0.717) is 29.4 Å². The molecular weight excluding hydrogens is 313 g/mol. The summed E-state index contributed by atoms with van der Waals surface area (Å²) in [6.45, 7) is 2.06. The largest absolute Gasteiger partial charge is 0.469 e. The molecular formula is C15H19Cl2NO3. The maximum absolute atomic E-state index is 12.0. The molecule has 1 atom stereocenters. The van der Waals surface area contributed by atoms with Gasteiger partial charge in [0.05, 0.1) is 13.0 Å². The molecule has 116 valence electrons. The van der Waals surface area contributed by atoms with Crippen molar-refractivity contribution in [2.75, 3.05) is 20.7 Å². The molecule has 0 saturated heterocycles. The van der Waals surface area contributed by atoms with Crippen molar-refractivity contribution in [2.24, 2.45) is 5.92 Å². The molecule has 4 nitrogen and oxygen atoms in total. The van der Waals surface area contributed by atoms with Crippen molar-refractivity contribution >= 4 is 35.1 Å². The molecule has 1 aromatic carbocycles. The van der Waals surface area contributed by atoms with Crippen LogP contribution in [0, 0.1) is 5.92 Å². The summed E-state index contributed by atoms with van der Waals surface area (Å²) in [4.78, 5) is 24.9. The topological polar surface area (TPSA) is 46.6 Å². The normalized spacial score (nSPS) is 11.9. The molecule has 0 heterocycles. The van der Waals surface area contributed by atoms with E-state index < -0.39 is 0 Å². The molecule has 0 radical (unpaired) electrons. The summed E-state index contributed by atoms with van der Waals surface area (Å²) in [5.41, 5.74) is 0.879. The minimum absolute atomic E-state index is 0.0447. The van der Waals surface area contributed by atoms with Gasteiger partial charge in [-0.05, 0) is 24.1 Å². The van der Waals surface area contributed by atoms with Crippen molar-refractivity contribution in [1.82, 2.24) is 4.90 Å². The smallest absolute Gasteiger partial charge is 0.310 e. The number of halogens is 2. The Morgan fingerprint density at radius 3 is 2.57 bits per heavy atom. The number of carbonyl (C=O) groups is 2. The number of aryl methyl sites for hydroxylation is 1. The number of hydrogen-bond acceptors (Lipinski definition) is 3. The number of carbonyl (C=O) groups excluding carboxylic acids is 2. The molecule has 21 heavy (non-hydrogen) atoms. The predicted molar refractivity (Wildman–Crippen MR) is 83.6 cm³/mol. The summed E-state index contributed by atoms with van der Waals surface area (Å²) in [5.74, 6) is -0.713. The Morgan fingerprint density at radius 2 is 2.00 bits per heavy atom. The first-order chi connectivity index (χ1) is 9.85. The zero-order valence-corrected chi connectivity index (χ0v) is 13.9. The van der Waals surface area contributed by atoms with E-state index in [1.165, 1.54) is 12.0 Å². The summed E-state index contributed by atoms with van der Waals surface area (Å²) in [6.07, 6.45) is 0.859. The van der Waals surface area contributed by atoms with Gasteiger partial charge in [-0.1, -0.05) is 36.2 Å². The van der Waals surface area contributed by atoms with Gasteiger partial charge < -0.3 is 9.64 Å². The molecule has 0 aliphatic heterocycles. The summed E-state index contributed by atoms with van der Waals surface area (Å²) in [5, 5.41) is 1.12. The van der Waals surface area contributed by atoms with E-state index >= 15 is 0 Å². The van der Waals surface area contributed by atoms with Crippen molar-refractivity contribution in [1.29, 1.82) is 0 Å². The Morgan fingerprint density at radius 1 is 1.33 bits per heavy atom. The zero-order chi connectivity index (χ0) is 16.0. The molecule has 0 saturated carbocycles. The number of rotatable bonds is 6. The number of nitrogens with zero attached hydrogens (tertiary/aromatic N) is 1. The van der Waals surface area contributed by atoms with Gasteiger partial charge in [-0.2, -0.15) is 0 Å². The molecule has 1 amide bonds. The summed E-state index contributed by atoms with van der Waals surface area (Å²) >= 11 is 11.9. The van der Waals surface area contributed by atoms with E-state index in [2.05, 4.69) is 4.74 Å². The number of hydrogen-bond donors (Lipinski definition) is 0. The number of ether oxygens (including phenoxy) is 1. The average Bonchev–Trinajstić information content (AvgIpc) is 2.44. The molecule has 0 aliphatic rings. The molecule has 1 unspecified atom stereocenters. The highest BCUT2D eigenvalue weighted by Gasteiger charge is 2.18. The van der Waals surface area contributed by atoms with Crippen molar-refractivity contribution in [3.8, 4) is 0 Å². The lowest BCUT2D eigenvalue weighted by Gasteiger charge is -2.20. The molecule has 0 aliphatic carbocycles. The highest BCUT2D eigenvalue weighted by molar-refractivity contribution is 6.35. The van der Waals surface area contributed by atoms with Crippen LogP contribution in [0.2, 0.25) is 10.0 Å². The van der Waals surface area contributed by atoms with Gasteiger partial charge in [0, 0.05) is 30.1 Å². The SMILES string of the molecule is COC(=O)C(C)CN(C)C(=O)CCc1ccc(Cl)cc1Cl. The van der Waals surface area contributed by atoms with Crippen LogP contribution in [0.25, 0.3) is 0 Å². The highest BCUT2D eigenvalue weighted by atomic mass is 35.5. The summed E-state index contributed by atoms with van der Waals surface area (Å²) in [6, 6.07) is 5.22. The highest BCUT2D eigenvalue weighted by Crippen LogP contribution is 2.22. The molecule has 0 spiro atoms. The lowest BCUT2D eigenvalue weighted by Crippen LogP contribution is -2.34. The molecule has 0 bridgehead atoms. The van der Waals surface area contributed by atoms with Crippen molar-refractivity contribution in [3.63, 3.8) is 0 Å². The first kappa shape index (κ1) is 17.8. The summed E-state index contributed by atoms with van der Waals surface area (Å²) < 4.78 is 4.64. The average molecular weight is 332 g/mol. The van der Waals surface area contributed by atoms with E-state index in [1.54, 1.807) is 26.1 Å². The molecule has 1 aromatic rings. The number of esters is 1. The van der Waals surface area contributed by atoms with Crippen molar-refractivity contribution in [2.45, 2.75) is 19.8 Å². The monoisotopic (exact) mass is 331 g/mol. The van der Waals surface area contributed by atoms with Crippen molar-refractivity contribution in [3.05, 3.63) is 33.8 Å². The van der Waals surface area contributed by atoms with Gasteiger partial charge in [0.25, 0.3) is 0 Å². The quantitative estimate of drug-likeness (QED) is 0.752. The number of benzene rings is 1. The van der Waals surface area contributed by atoms with Crippen LogP contribution in [-0.2, 0) is 20.7 Å². The molecule has 1 rings (SSSR count). The Hall–Kier alpha value is -1.26. The zero-order valence-electron chi connectivity index (χ0n) is 12.4. The van der Waals surface area contributed by atoms with Gasteiger partial charge in [0.15, 0.2) is 0 Å². The van der Waals surface area contributed by atoms with E-state index in [-0.39, 0.29) is 17.8 Å². The van der Waals surface area contributed by atoms with Crippen LogP contribution in [0.15, 0.2) is 18.2 Å². The number of amides is 1. The maximum Gasteiger partial charge on any atom is 0.310 e. The van der Waals surface area contributed by atoms with E-state index in [4.69, 9.17) is 23.2 Å². The van der Waals surface area contributed by atoms with E-state index in [0.717, 1.165) is 5.56 Å². The Kier molecular flexibility index (Phi) is 6.99. The number of methoxy groups -OCH3 is 1. The minimum atomic E-state index is -0.344. The minimum Gasteiger partial charge on any atom is -0.469 e. The van der Waals surface area contributed by atoms with Gasteiger partial charge in [-0.15, -0.1) is 0 Å². The van der Waals surface area contributed by atoms with Crippen LogP contribution in [0.4, 0.5) is 0 Å². The van der Waals surface area contributed by atoms with Crippen LogP contribution in [0.3, 0.4) is 0 Å². The van der Waals surface area contributed by atoms with Gasteiger partial charge in [-0.25, -0.2) is 0 Å². The third-order valence-electron chi connectivity index (χ3n) is 3.20. The van der Waals surface area contributed by atoms with E-state index in [9.17, 15) is 9.59 Å². The first-order valence-electron chi connectivity index (χ1n) is 6.61. The van der Waals surface area contributed by atoms with Crippen LogP contribution in [-0.4, -0.2) is 37.5 Å². The lowest BCUT2D eigenvalue weighted by molar-refractivity contribution is -0.146. The maximum atomic E-state index is 12.0. The Bertz CT molecular complexity index is 520. The third kappa shape index (κ3) is 5.56. The summed E-state index contributed by atoms with van der Waals surface area (Å²) in [7, 11) is 3.01. The van der Waals surface area contributed by atoms with Crippen molar-refractivity contribution < 1.29 is 14.3 Å².